The maximum atomic E-state index is 13.0. The molecule has 0 aliphatic rings. The van der Waals surface area contributed by atoms with Crippen LogP contribution < -0.4 is 10.5 Å². The summed E-state index contributed by atoms with van der Waals surface area (Å²) in [4.78, 5) is 23.2. The molecule has 0 amide bonds. The lowest BCUT2D eigenvalue weighted by Crippen LogP contribution is -2.18. The normalized spacial score (nSPS) is 11.8. The Labute approximate surface area is 178 Å². The third-order valence-electron chi connectivity index (χ3n) is 4.38. The van der Waals surface area contributed by atoms with Crippen LogP contribution in [-0.4, -0.2) is 21.7 Å². The van der Waals surface area contributed by atoms with Crippen LogP contribution in [0.4, 0.5) is 18.9 Å². The molecule has 0 fully saturated rings. The summed E-state index contributed by atoms with van der Waals surface area (Å²) < 4.78 is 43.7. The highest BCUT2D eigenvalue weighted by molar-refractivity contribution is 6.16. The van der Waals surface area contributed by atoms with Gasteiger partial charge >= 0.3 is 6.18 Å². The fourth-order valence-corrected chi connectivity index (χ4v) is 2.79. The van der Waals surface area contributed by atoms with E-state index in [1.807, 2.05) is 0 Å². The molecule has 0 aromatic heterocycles. The van der Waals surface area contributed by atoms with Gasteiger partial charge in [-0.2, -0.15) is 13.2 Å². The van der Waals surface area contributed by atoms with Gasteiger partial charge in [-0.25, -0.2) is 0 Å². The first-order valence-electron chi connectivity index (χ1n) is 8.86. The lowest BCUT2D eigenvalue weighted by molar-refractivity contribution is -0.384. The monoisotopic (exact) mass is 445 g/mol. The summed E-state index contributed by atoms with van der Waals surface area (Å²) in [6, 6.07) is 12.7. The number of nitrogens with zero attached hydrogens (tertiary/aromatic N) is 2. The predicted octanol–water partition coefficient (Wildman–Crippen LogP) is 4.73. The summed E-state index contributed by atoms with van der Waals surface area (Å²) in [6.45, 7) is 0. The Bertz CT molecular complexity index is 1190. The Balaban J connectivity index is 1.96. The summed E-state index contributed by atoms with van der Waals surface area (Å²) in [7, 11) is 0. The van der Waals surface area contributed by atoms with Gasteiger partial charge in [0, 0.05) is 28.8 Å². The minimum atomic E-state index is -4.49. The molecule has 0 heterocycles. The average molecular weight is 445 g/mol. The number of ketones is 1. The quantitative estimate of drug-likeness (QED) is 0.141. The van der Waals surface area contributed by atoms with Gasteiger partial charge in [-0.3, -0.25) is 14.9 Å². The number of non-ortho nitro benzene ring substituents is 1. The molecule has 0 aliphatic heterocycles. The topological polar surface area (TPSA) is 128 Å². The zero-order valence-corrected chi connectivity index (χ0v) is 16.0. The van der Waals surface area contributed by atoms with Gasteiger partial charge in [0.25, 0.3) is 5.69 Å². The molecule has 3 rings (SSSR count). The number of oxime groups is 1. The maximum absolute atomic E-state index is 13.0. The van der Waals surface area contributed by atoms with E-state index >= 15 is 0 Å². The van der Waals surface area contributed by atoms with E-state index in [0.717, 1.165) is 36.4 Å². The number of hydrogen-bond acceptors (Lipinski definition) is 6. The molecule has 164 valence electrons. The van der Waals surface area contributed by atoms with Crippen LogP contribution in [0.15, 0.2) is 71.9 Å². The molecule has 0 atom stereocenters. The fourth-order valence-electron chi connectivity index (χ4n) is 2.79. The van der Waals surface area contributed by atoms with Gasteiger partial charge < -0.3 is 15.7 Å². The van der Waals surface area contributed by atoms with E-state index in [0.29, 0.717) is 0 Å². The third kappa shape index (κ3) is 4.83. The molecule has 3 N–H and O–H groups in total. The molecular formula is C21H14F3N3O5. The van der Waals surface area contributed by atoms with Crippen molar-refractivity contribution in [3.63, 3.8) is 0 Å². The van der Waals surface area contributed by atoms with Crippen molar-refractivity contribution in [3.8, 4) is 11.5 Å². The first-order chi connectivity index (χ1) is 15.1. The zero-order chi connectivity index (χ0) is 23.5. The van der Waals surface area contributed by atoms with Crippen LogP contribution >= 0.6 is 0 Å². The number of nitro groups is 1. The molecule has 0 unspecified atom stereocenters. The van der Waals surface area contributed by atoms with E-state index in [1.54, 1.807) is 0 Å². The predicted molar refractivity (Wildman–Crippen MR) is 107 cm³/mol. The fraction of sp³-hybridized carbons (Fsp3) is 0.0476. The molecule has 0 radical (unpaired) electrons. The first-order valence-corrected chi connectivity index (χ1v) is 8.86. The molecule has 0 saturated heterocycles. The highest BCUT2D eigenvalue weighted by atomic mass is 19.4. The second-order valence-electron chi connectivity index (χ2n) is 6.45. The van der Waals surface area contributed by atoms with Crippen molar-refractivity contribution in [2.75, 3.05) is 0 Å². The standard InChI is InChI=1S/C21H14F3N3O5/c22-21(23,24)13-3-7-15(8-4-13)32-16-9-10-17(20(25)26-29)18(11-16)19(28)12-1-5-14(6-2-12)27(30)31/h1-11,29H,(H2,25,26). The smallest absolute Gasteiger partial charge is 0.416 e. The molecule has 32 heavy (non-hydrogen) atoms. The molecule has 0 bridgehead atoms. The highest BCUT2D eigenvalue weighted by Crippen LogP contribution is 2.32. The van der Waals surface area contributed by atoms with Crippen molar-refractivity contribution in [2.45, 2.75) is 6.18 Å². The summed E-state index contributed by atoms with van der Waals surface area (Å²) in [5.74, 6) is -0.775. The van der Waals surface area contributed by atoms with Gasteiger partial charge in [0.1, 0.15) is 11.5 Å². The second-order valence-corrected chi connectivity index (χ2v) is 6.45. The number of carbonyl (C=O) groups excluding carboxylic acids is 1. The summed E-state index contributed by atoms with van der Waals surface area (Å²) in [6.07, 6.45) is -4.49. The van der Waals surface area contributed by atoms with E-state index in [2.05, 4.69) is 5.16 Å². The molecule has 3 aromatic rings. The number of carbonyl (C=O) groups is 1. The Morgan fingerprint density at radius 2 is 1.56 bits per heavy atom. The van der Waals surface area contributed by atoms with Gasteiger partial charge in [0.05, 0.1) is 10.5 Å². The lowest BCUT2D eigenvalue weighted by atomic mass is 9.97. The molecule has 0 aliphatic carbocycles. The Kier molecular flexibility index (Phi) is 6.10. The number of amidine groups is 1. The Hall–Kier alpha value is -4.41. The Morgan fingerprint density at radius 3 is 2.09 bits per heavy atom. The van der Waals surface area contributed by atoms with E-state index in [-0.39, 0.29) is 39.7 Å². The summed E-state index contributed by atoms with van der Waals surface area (Å²) >= 11 is 0. The number of alkyl halides is 3. The van der Waals surface area contributed by atoms with E-state index in [9.17, 15) is 28.1 Å². The molecule has 0 saturated carbocycles. The molecular weight excluding hydrogens is 431 g/mol. The number of rotatable bonds is 6. The van der Waals surface area contributed by atoms with Crippen LogP contribution in [0.5, 0.6) is 11.5 Å². The summed E-state index contributed by atoms with van der Waals surface area (Å²) in [5, 5.41) is 22.7. The van der Waals surface area contributed by atoms with Gasteiger partial charge in [0.2, 0.25) is 0 Å². The van der Waals surface area contributed by atoms with Crippen molar-refractivity contribution in [1.29, 1.82) is 0 Å². The summed E-state index contributed by atoms with van der Waals surface area (Å²) in [5.41, 5.74) is 4.70. The van der Waals surface area contributed by atoms with Crippen LogP contribution in [0, 0.1) is 10.1 Å². The first kappa shape index (κ1) is 22.3. The number of benzene rings is 3. The number of hydrogen-bond donors (Lipinski definition) is 2. The van der Waals surface area contributed by atoms with Crippen LogP contribution in [-0.2, 0) is 6.18 Å². The van der Waals surface area contributed by atoms with E-state index < -0.39 is 22.4 Å². The minimum absolute atomic E-state index is 0.0430. The zero-order valence-electron chi connectivity index (χ0n) is 16.0. The van der Waals surface area contributed by atoms with Crippen LogP contribution in [0.3, 0.4) is 0 Å². The lowest BCUT2D eigenvalue weighted by Gasteiger charge is -2.12. The third-order valence-corrected chi connectivity index (χ3v) is 4.38. The number of nitrogens with two attached hydrogens (primary N) is 1. The van der Waals surface area contributed by atoms with Crippen LogP contribution in [0.25, 0.3) is 0 Å². The molecule has 11 heteroatoms. The molecule has 3 aromatic carbocycles. The van der Waals surface area contributed by atoms with Gasteiger partial charge in [0.15, 0.2) is 11.6 Å². The van der Waals surface area contributed by atoms with Crippen molar-refractivity contribution < 1.29 is 32.8 Å². The van der Waals surface area contributed by atoms with Crippen molar-refractivity contribution in [2.24, 2.45) is 10.9 Å². The maximum Gasteiger partial charge on any atom is 0.416 e. The molecule has 8 nitrogen and oxygen atoms in total. The number of nitro benzene ring substituents is 1. The van der Waals surface area contributed by atoms with Crippen molar-refractivity contribution >= 4 is 17.3 Å². The van der Waals surface area contributed by atoms with Crippen LogP contribution in [0.1, 0.15) is 27.0 Å². The molecule has 0 spiro atoms. The highest BCUT2D eigenvalue weighted by Gasteiger charge is 2.30. The van der Waals surface area contributed by atoms with Gasteiger partial charge in [-0.1, -0.05) is 5.16 Å². The van der Waals surface area contributed by atoms with Gasteiger partial charge in [-0.15, -0.1) is 0 Å². The SMILES string of the molecule is NC(=NO)c1ccc(Oc2ccc(C(F)(F)F)cc2)cc1C(=O)c1ccc([N+](=O)[O-])cc1. The van der Waals surface area contributed by atoms with Crippen molar-refractivity contribution in [3.05, 3.63) is 99.1 Å². The van der Waals surface area contributed by atoms with Gasteiger partial charge in [-0.05, 0) is 54.6 Å². The minimum Gasteiger partial charge on any atom is -0.457 e. The van der Waals surface area contributed by atoms with E-state index in [1.165, 1.54) is 30.3 Å². The Morgan fingerprint density at radius 1 is 0.969 bits per heavy atom. The van der Waals surface area contributed by atoms with Crippen molar-refractivity contribution in [1.82, 2.24) is 0 Å². The largest absolute Gasteiger partial charge is 0.457 e. The second kappa shape index (κ2) is 8.76. The number of ether oxygens (including phenoxy) is 1. The number of halogens is 3. The van der Waals surface area contributed by atoms with Crippen LogP contribution in [0.2, 0.25) is 0 Å². The van der Waals surface area contributed by atoms with E-state index in [4.69, 9.17) is 15.7 Å². The average Bonchev–Trinajstić information content (AvgIpc) is 2.78.